The first-order valence-corrected chi connectivity index (χ1v) is 8.20. The highest BCUT2D eigenvalue weighted by Gasteiger charge is 2.48. The second-order valence-electron chi connectivity index (χ2n) is 7.21. The number of fused-ring (bicyclic) bond motifs is 2. The summed E-state index contributed by atoms with van der Waals surface area (Å²) in [4.78, 5) is 38.4. The third-order valence-corrected chi connectivity index (χ3v) is 5.25. The summed E-state index contributed by atoms with van der Waals surface area (Å²) in [6.07, 6.45) is -0.143. The van der Waals surface area contributed by atoms with E-state index in [1.165, 1.54) is 0 Å². The van der Waals surface area contributed by atoms with Crippen LogP contribution in [0.25, 0.3) is 10.8 Å². The number of hydrogen-bond acceptors (Lipinski definition) is 3. The number of amides is 2. The molecule has 0 fully saturated rings. The Labute approximate surface area is 144 Å². The maximum atomic E-state index is 13.2. The molecule has 2 amide bonds. The molecule has 4 rings (SSSR count). The number of aliphatic carboxylic acids is 1. The zero-order valence-corrected chi connectivity index (χ0v) is 14.2. The number of nitrogens with one attached hydrogen (secondary N) is 1. The molecule has 128 valence electrons. The molecule has 0 radical (unpaired) electrons. The van der Waals surface area contributed by atoms with Gasteiger partial charge in [-0.2, -0.15) is 0 Å². The number of anilines is 1. The van der Waals surface area contributed by atoms with Crippen molar-refractivity contribution in [3.63, 3.8) is 0 Å². The van der Waals surface area contributed by atoms with E-state index in [-0.39, 0.29) is 18.2 Å². The lowest BCUT2D eigenvalue weighted by molar-refractivity contribution is -0.138. The van der Waals surface area contributed by atoms with Gasteiger partial charge >= 0.3 is 5.97 Å². The molecule has 6 nitrogen and oxygen atoms in total. The Balaban J connectivity index is 1.98. The van der Waals surface area contributed by atoms with Gasteiger partial charge in [-0.25, -0.2) is 0 Å². The summed E-state index contributed by atoms with van der Waals surface area (Å²) >= 11 is 0. The van der Waals surface area contributed by atoms with E-state index in [0.29, 0.717) is 16.8 Å². The van der Waals surface area contributed by atoms with Crippen molar-refractivity contribution >= 4 is 34.2 Å². The van der Waals surface area contributed by atoms with Gasteiger partial charge in [-0.05, 0) is 43.9 Å². The number of carbonyl (C=O) groups excluding carboxylic acids is 2. The largest absolute Gasteiger partial charge is 0.481 e. The van der Waals surface area contributed by atoms with E-state index in [1.807, 2.05) is 38.1 Å². The maximum absolute atomic E-state index is 13.2. The van der Waals surface area contributed by atoms with Crippen molar-refractivity contribution < 1.29 is 19.5 Å². The summed E-state index contributed by atoms with van der Waals surface area (Å²) in [6, 6.07) is 7.08. The fourth-order valence-corrected chi connectivity index (χ4v) is 4.28. The Morgan fingerprint density at radius 3 is 2.68 bits per heavy atom. The van der Waals surface area contributed by atoms with Crippen LogP contribution >= 0.6 is 0 Å². The molecule has 0 bridgehead atoms. The van der Waals surface area contributed by atoms with Crippen LogP contribution in [0.2, 0.25) is 0 Å². The smallest absolute Gasteiger partial charge is 0.305 e. The third-order valence-electron chi connectivity index (χ3n) is 5.25. The molecular formula is C19H18N2O4. The second-order valence-corrected chi connectivity index (χ2v) is 7.21. The third kappa shape index (κ3) is 1.94. The predicted molar refractivity (Wildman–Crippen MR) is 92.8 cm³/mol. The first-order valence-electron chi connectivity index (χ1n) is 8.20. The van der Waals surface area contributed by atoms with Gasteiger partial charge in [-0.3, -0.25) is 14.4 Å². The van der Waals surface area contributed by atoms with Crippen molar-refractivity contribution in [3.8, 4) is 0 Å². The zero-order valence-electron chi connectivity index (χ0n) is 14.2. The first-order chi connectivity index (χ1) is 11.7. The van der Waals surface area contributed by atoms with Gasteiger partial charge in [0, 0.05) is 17.1 Å². The minimum absolute atomic E-state index is 0.143. The van der Waals surface area contributed by atoms with Crippen LogP contribution in [0, 0.1) is 0 Å². The van der Waals surface area contributed by atoms with Gasteiger partial charge in [0.05, 0.1) is 23.1 Å². The highest BCUT2D eigenvalue weighted by molar-refractivity contribution is 6.29. The van der Waals surface area contributed by atoms with Gasteiger partial charge < -0.3 is 15.3 Å². The van der Waals surface area contributed by atoms with Crippen LogP contribution < -0.4 is 5.32 Å². The van der Waals surface area contributed by atoms with Gasteiger partial charge in [0.15, 0.2) is 0 Å². The Hall–Kier alpha value is -2.89. The van der Waals surface area contributed by atoms with Crippen molar-refractivity contribution in [2.24, 2.45) is 0 Å². The molecule has 25 heavy (non-hydrogen) atoms. The second kappa shape index (κ2) is 4.81. The minimum Gasteiger partial charge on any atom is -0.481 e. The van der Waals surface area contributed by atoms with Gasteiger partial charge in [0.2, 0.25) is 0 Å². The molecular weight excluding hydrogens is 320 g/mol. The number of carbonyl (C=O) groups is 3. The lowest BCUT2D eigenvalue weighted by atomic mass is 9.88. The topological polar surface area (TPSA) is 86.7 Å². The number of carboxylic acid groups (broad SMARTS) is 1. The number of benzene rings is 2. The normalized spacial score (nSPS) is 18.4. The molecule has 2 heterocycles. The van der Waals surface area contributed by atoms with Crippen LogP contribution in [0.1, 0.15) is 53.5 Å². The van der Waals surface area contributed by atoms with Crippen LogP contribution in [0.15, 0.2) is 24.3 Å². The molecule has 2 aliphatic rings. The monoisotopic (exact) mass is 338 g/mol. The summed E-state index contributed by atoms with van der Waals surface area (Å²) < 4.78 is 0. The highest BCUT2D eigenvalue weighted by Crippen LogP contribution is 2.47. The number of hydrogen-bond donors (Lipinski definition) is 2. The Morgan fingerprint density at radius 2 is 2.00 bits per heavy atom. The van der Waals surface area contributed by atoms with Crippen LogP contribution in [0.4, 0.5) is 5.69 Å². The molecule has 1 atom stereocenters. The van der Waals surface area contributed by atoms with Crippen molar-refractivity contribution in [1.82, 2.24) is 4.90 Å². The molecule has 2 N–H and O–H groups in total. The van der Waals surface area contributed by atoms with Crippen molar-refractivity contribution in [1.29, 1.82) is 0 Å². The van der Waals surface area contributed by atoms with Gasteiger partial charge in [0.1, 0.15) is 0 Å². The predicted octanol–water partition coefficient (Wildman–Crippen LogP) is 2.96. The van der Waals surface area contributed by atoms with Crippen molar-refractivity contribution in [2.75, 3.05) is 5.32 Å². The number of carboxylic acids is 1. The molecule has 6 heteroatoms. The van der Waals surface area contributed by atoms with Gasteiger partial charge in [0.25, 0.3) is 11.8 Å². The van der Waals surface area contributed by atoms with E-state index in [1.54, 1.807) is 11.8 Å². The Bertz CT molecular complexity index is 977. The SMILES string of the molecule is C[C@@H](CC(=O)O)N1C(=O)c2c(cc3cccc4c3c2C(=O)N4)C1(C)C. The molecule has 2 aromatic rings. The summed E-state index contributed by atoms with van der Waals surface area (Å²) in [7, 11) is 0. The molecule has 0 unspecified atom stereocenters. The Morgan fingerprint density at radius 1 is 1.28 bits per heavy atom. The van der Waals surface area contributed by atoms with Crippen LogP contribution in [0.5, 0.6) is 0 Å². The molecule has 2 aromatic carbocycles. The molecule has 0 spiro atoms. The fourth-order valence-electron chi connectivity index (χ4n) is 4.28. The molecule has 0 aliphatic carbocycles. The van der Waals surface area contributed by atoms with Crippen LogP contribution in [-0.4, -0.2) is 33.8 Å². The Kier molecular flexibility index (Phi) is 3.01. The van der Waals surface area contributed by atoms with E-state index >= 15 is 0 Å². The molecule has 2 aliphatic heterocycles. The fraction of sp³-hybridized carbons (Fsp3) is 0.316. The van der Waals surface area contributed by atoms with Gasteiger partial charge in [-0.15, -0.1) is 0 Å². The molecule has 0 aromatic heterocycles. The van der Waals surface area contributed by atoms with E-state index in [4.69, 9.17) is 5.11 Å². The van der Waals surface area contributed by atoms with Crippen molar-refractivity contribution in [2.45, 2.75) is 38.8 Å². The molecule has 0 saturated carbocycles. The highest BCUT2D eigenvalue weighted by atomic mass is 16.4. The summed E-state index contributed by atoms with van der Waals surface area (Å²) in [5.74, 6) is -1.51. The van der Waals surface area contributed by atoms with E-state index < -0.39 is 17.6 Å². The average Bonchev–Trinajstić information content (AvgIpc) is 2.93. The molecule has 0 saturated heterocycles. The van der Waals surface area contributed by atoms with Gasteiger partial charge in [-0.1, -0.05) is 12.1 Å². The first kappa shape index (κ1) is 15.6. The van der Waals surface area contributed by atoms with Crippen LogP contribution in [-0.2, 0) is 10.3 Å². The zero-order chi connectivity index (χ0) is 18.1. The number of nitrogens with zero attached hydrogens (tertiary/aromatic N) is 1. The summed E-state index contributed by atoms with van der Waals surface area (Å²) in [6.45, 7) is 5.51. The standard InChI is InChI=1S/C19H18N2O4/c1-9(7-13(22)23)21-18(25)15-11(19(21,2)3)8-10-5-4-6-12-14(10)16(15)17(24)20-12/h4-6,8-9H,7H2,1-3H3,(H,20,24)(H,22,23)/t9-/m0/s1. The maximum Gasteiger partial charge on any atom is 0.305 e. The summed E-state index contributed by atoms with van der Waals surface area (Å²) in [5, 5.41) is 13.6. The quantitative estimate of drug-likeness (QED) is 0.901. The van der Waals surface area contributed by atoms with Crippen molar-refractivity contribution in [3.05, 3.63) is 41.0 Å². The minimum atomic E-state index is -0.957. The van der Waals surface area contributed by atoms with E-state index in [0.717, 1.165) is 16.3 Å². The van der Waals surface area contributed by atoms with Crippen LogP contribution in [0.3, 0.4) is 0 Å². The van der Waals surface area contributed by atoms with E-state index in [9.17, 15) is 14.4 Å². The lowest BCUT2D eigenvalue weighted by Crippen LogP contribution is -2.46. The lowest BCUT2D eigenvalue weighted by Gasteiger charge is -2.36. The average molecular weight is 338 g/mol. The van der Waals surface area contributed by atoms with E-state index in [2.05, 4.69) is 5.32 Å². The summed E-state index contributed by atoms with van der Waals surface area (Å²) in [5.41, 5.74) is 1.60. The number of rotatable bonds is 3.